The van der Waals surface area contributed by atoms with Crippen molar-refractivity contribution in [3.05, 3.63) is 68.5 Å². The standard InChI is InChI=1S/C16H14ClN3O4S/c17-11-4-6-12(7-5-11)25(23,24)10-2-9-20-15(21)14-13(19-16(20)22)3-1-8-18-14/h1,3-8H,2,9-10H2,(H,19,22). The van der Waals surface area contributed by atoms with Crippen LogP contribution < -0.4 is 11.2 Å². The number of aromatic nitrogens is 3. The van der Waals surface area contributed by atoms with Crippen molar-refractivity contribution < 1.29 is 8.42 Å². The third-order valence-corrected chi connectivity index (χ3v) is 5.78. The first-order valence-corrected chi connectivity index (χ1v) is 9.48. The van der Waals surface area contributed by atoms with Crippen molar-refractivity contribution in [2.75, 3.05) is 5.75 Å². The van der Waals surface area contributed by atoms with Crippen molar-refractivity contribution >= 4 is 32.5 Å². The van der Waals surface area contributed by atoms with Crippen LogP contribution in [-0.2, 0) is 16.4 Å². The third-order valence-electron chi connectivity index (χ3n) is 3.71. The summed E-state index contributed by atoms with van der Waals surface area (Å²) in [4.78, 5) is 31.0. The zero-order valence-electron chi connectivity index (χ0n) is 13.0. The van der Waals surface area contributed by atoms with E-state index in [9.17, 15) is 18.0 Å². The molecule has 0 radical (unpaired) electrons. The molecule has 0 aliphatic carbocycles. The number of aromatic amines is 1. The maximum absolute atomic E-state index is 12.3. The van der Waals surface area contributed by atoms with E-state index in [1.807, 2.05) is 0 Å². The van der Waals surface area contributed by atoms with Gasteiger partial charge in [-0.15, -0.1) is 0 Å². The van der Waals surface area contributed by atoms with Gasteiger partial charge in [0.2, 0.25) is 0 Å². The number of fused-ring (bicyclic) bond motifs is 1. The fourth-order valence-corrected chi connectivity index (χ4v) is 3.88. The van der Waals surface area contributed by atoms with Gasteiger partial charge in [-0.1, -0.05) is 11.6 Å². The van der Waals surface area contributed by atoms with E-state index < -0.39 is 21.1 Å². The number of nitrogens with zero attached hydrogens (tertiary/aromatic N) is 2. The van der Waals surface area contributed by atoms with E-state index >= 15 is 0 Å². The molecule has 3 rings (SSSR count). The normalized spacial score (nSPS) is 11.7. The first kappa shape index (κ1) is 17.4. The largest absolute Gasteiger partial charge is 0.328 e. The number of nitrogens with one attached hydrogen (secondary N) is 1. The molecule has 0 unspecified atom stereocenters. The second kappa shape index (κ2) is 6.81. The van der Waals surface area contributed by atoms with Crippen LogP contribution in [0.1, 0.15) is 6.42 Å². The Morgan fingerprint density at radius 2 is 1.84 bits per heavy atom. The summed E-state index contributed by atoms with van der Waals surface area (Å²) < 4.78 is 25.5. The molecule has 0 saturated heterocycles. The van der Waals surface area contributed by atoms with Crippen molar-refractivity contribution in [1.29, 1.82) is 0 Å². The maximum atomic E-state index is 12.3. The molecule has 1 aromatic carbocycles. The summed E-state index contributed by atoms with van der Waals surface area (Å²) in [7, 11) is -3.52. The Bertz CT molecular complexity index is 1130. The molecule has 7 nitrogen and oxygen atoms in total. The number of hydrogen-bond donors (Lipinski definition) is 1. The summed E-state index contributed by atoms with van der Waals surface area (Å²) >= 11 is 5.75. The number of sulfone groups is 1. The number of benzene rings is 1. The predicted octanol–water partition coefficient (Wildman–Crippen LogP) is 1.60. The van der Waals surface area contributed by atoms with Gasteiger partial charge in [-0.25, -0.2) is 18.2 Å². The minimum absolute atomic E-state index is 0.0203. The van der Waals surface area contributed by atoms with Gasteiger partial charge in [-0.05, 0) is 42.8 Å². The molecule has 25 heavy (non-hydrogen) atoms. The maximum Gasteiger partial charge on any atom is 0.328 e. The average molecular weight is 380 g/mol. The Hall–Kier alpha value is -2.45. The van der Waals surface area contributed by atoms with Crippen molar-refractivity contribution in [2.45, 2.75) is 17.9 Å². The Balaban J connectivity index is 1.80. The first-order valence-electron chi connectivity index (χ1n) is 7.45. The van der Waals surface area contributed by atoms with Crippen molar-refractivity contribution in [3.63, 3.8) is 0 Å². The molecule has 0 amide bonds. The highest BCUT2D eigenvalue weighted by molar-refractivity contribution is 7.91. The van der Waals surface area contributed by atoms with E-state index in [1.54, 1.807) is 12.1 Å². The molecular formula is C16H14ClN3O4S. The molecule has 0 aliphatic heterocycles. The quantitative estimate of drug-likeness (QED) is 0.725. The van der Waals surface area contributed by atoms with Crippen LogP contribution in [0.2, 0.25) is 5.02 Å². The molecule has 1 N–H and O–H groups in total. The zero-order valence-corrected chi connectivity index (χ0v) is 14.5. The zero-order chi connectivity index (χ0) is 18.0. The van der Waals surface area contributed by atoms with Gasteiger partial charge in [0.05, 0.1) is 16.2 Å². The number of H-pyrrole nitrogens is 1. The van der Waals surface area contributed by atoms with Crippen LogP contribution in [0.5, 0.6) is 0 Å². The molecule has 0 saturated carbocycles. The van der Waals surface area contributed by atoms with Crippen molar-refractivity contribution in [1.82, 2.24) is 14.5 Å². The van der Waals surface area contributed by atoms with Crippen molar-refractivity contribution in [2.24, 2.45) is 0 Å². The summed E-state index contributed by atoms with van der Waals surface area (Å²) in [6.07, 6.45) is 1.57. The highest BCUT2D eigenvalue weighted by Gasteiger charge is 2.15. The minimum atomic E-state index is -3.52. The monoisotopic (exact) mass is 379 g/mol. The lowest BCUT2D eigenvalue weighted by Crippen LogP contribution is -2.35. The van der Waals surface area contributed by atoms with E-state index in [1.165, 1.54) is 30.5 Å². The average Bonchev–Trinajstić information content (AvgIpc) is 2.58. The summed E-state index contributed by atoms with van der Waals surface area (Å²) in [6.45, 7) is -0.0203. The van der Waals surface area contributed by atoms with E-state index in [0.29, 0.717) is 10.5 Å². The molecule has 2 heterocycles. The van der Waals surface area contributed by atoms with Crippen LogP contribution in [0, 0.1) is 0 Å². The van der Waals surface area contributed by atoms with Crippen LogP contribution in [0.3, 0.4) is 0 Å². The topological polar surface area (TPSA) is 102 Å². The van der Waals surface area contributed by atoms with Gasteiger partial charge < -0.3 is 4.98 Å². The van der Waals surface area contributed by atoms with Crippen LogP contribution in [-0.4, -0.2) is 28.7 Å². The number of pyridine rings is 1. The fraction of sp³-hybridized carbons (Fsp3) is 0.188. The molecule has 0 bridgehead atoms. The Labute approximate surface area is 147 Å². The fourth-order valence-electron chi connectivity index (χ4n) is 2.45. The molecule has 0 spiro atoms. The summed E-state index contributed by atoms with van der Waals surface area (Å²) in [5.41, 5.74) is -0.636. The van der Waals surface area contributed by atoms with E-state index in [2.05, 4.69) is 9.97 Å². The lowest BCUT2D eigenvalue weighted by molar-refractivity contribution is 0.578. The van der Waals surface area contributed by atoms with Crippen LogP contribution in [0.4, 0.5) is 0 Å². The Morgan fingerprint density at radius 1 is 1.12 bits per heavy atom. The molecule has 9 heteroatoms. The van der Waals surface area contributed by atoms with Crippen LogP contribution in [0.25, 0.3) is 11.0 Å². The predicted molar refractivity (Wildman–Crippen MR) is 94.7 cm³/mol. The molecular weight excluding hydrogens is 366 g/mol. The highest BCUT2D eigenvalue weighted by Crippen LogP contribution is 2.16. The summed E-state index contributed by atoms with van der Waals surface area (Å²) in [6, 6.07) is 9.05. The second-order valence-electron chi connectivity index (χ2n) is 5.41. The molecule has 0 aliphatic rings. The summed E-state index contributed by atoms with van der Waals surface area (Å²) in [5.74, 6) is -0.194. The lowest BCUT2D eigenvalue weighted by Gasteiger charge is -2.07. The molecule has 0 fully saturated rings. The Kier molecular flexibility index (Phi) is 4.73. The van der Waals surface area contributed by atoms with Gasteiger partial charge in [0.1, 0.15) is 0 Å². The molecule has 3 aromatic rings. The van der Waals surface area contributed by atoms with Gasteiger partial charge in [0, 0.05) is 17.8 Å². The number of halogens is 1. The SMILES string of the molecule is O=c1[nH]c2cccnc2c(=O)n1CCCS(=O)(=O)c1ccc(Cl)cc1. The van der Waals surface area contributed by atoms with E-state index in [4.69, 9.17) is 11.6 Å². The first-order chi connectivity index (χ1) is 11.9. The molecule has 130 valence electrons. The van der Waals surface area contributed by atoms with Gasteiger partial charge in [0.25, 0.3) is 5.56 Å². The van der Waals surface area contributed by atoms with Crippen LogP contribution >= 0.6 is 11.6 Å². The van der Waals surface area contributed by atoms with E-state index in [0.717, 1.165) is 4.57 Å². The molecule has 2 aromatic heterocycles. The number of rotatable bonds is 5. The highest BCUT2D eigenvalue weighted by atomic mass is 35.5. The number of hydrogen-bond acceptors (Lipinski definition) is 5. The van der Waals surface area contributed by atoms with Gasteiger partial charge >= 0.3 is 5.69 Å². The Morgan fingerprint density at radius 3 is 2.56 bits per heavy atom. The third kappa shape index (κ3) is 3.64. The van der Waals surface area contributed by atoms with Crippen LogP contribution in [0.15, 0.2) is 57.1 Å². The lowest BCUT2D eigenvalue weighted by atomic mass is 10.3. The smallest absolute Gasteiger partial charge is 0.305 e. The second-order valence-corrected chi connectivity index (χ2v) is 7.96. The summed E-state index contributed by atoms with van der Waals surface area (Å²) in [5, 5.41) is 0.445. The minimum Gasteiger partial charge on any atom is -0.305 e. The van der Waals surface area contributed by atoms with Gasteiger partial charge in [-0.3, -0.25) is 9.36 Å². The molecule has 0 atom stereocenters. The van der Waals surface area contributed by atoms with Gasteiger partial charge in [0.15, 0.2) is 15.4 Å². The van der Waals surface area contributed by atoms with E-state index in [-0.39, 0.29) is 29.1 Å². The van der Waals surface area contributed by atoms with Gasteiger partial charge in [-0.2, -0.15) is 0 Å². The van der Waals surface area contributed by atoms with Crippen molar-refractivity contribution in [3.8, 4) is 0 Å².